The number of imidazole rings is 1. The fourth-order valence-corrected chi connectivity index (χ4v) is 5.20. The van der Waals surface area contributed by atoms with Gasteiger partial charge in [0, 0.05) is 44.0 Å². The number of nitrogens with zero attached hydrogens (tertiary/aromatic N) is 4. The summed E-state index contributed by atoms with van der Waals surface area (Å²) in [5, 5.41) is 12.9. The molecular weight excluding hydrogens is 438 g/mol. The van der Waals surface area contributed by atoms with E-state index < -0.39 is 11.2 Å². The first-order valence-electron chi connectivity index (χ1n) is 9.99. The molecule has 3 heterocycles. The summed E-state index contributed by atoms with van der Waals surface area (Å²) in [7, 11) is 1.44. The molecule has 0 aliphatic rings. The van der Waals surface area contributed by atoms with Gasteiger partial charge in [0.15, 0.2) is 5.16 Å². The molecule has 3 aromatic heterocycles. The van der Waals surface area contributed by atoms with Crippen molar-refractivity contribution in [1.82, 2.24) is 24.0 Å². The average Bonchev–Trinajstić information content (AvgIpc) is 3.34. The molecule has 0 spiro atoms. The van der Waals surface area contributed by atoms with Gasteiger partial charge >= 0.3 is 5.69 Å². The topological polar surface area (TPSA) is 111 Å². The standard InChI is InChI=1S/C20H27N5O4S2/c1-12(2)10-25-18-15(17(28)23(3)20(25)29)14(16(27)21-6-5-9-26)13(31-18)11-24-8-7-22-19(24)30-4/h7-8,12,26H,5-6,9-11H2,1-4H3,(H,21,27). The van der Waals surface area contributed by atoms with Gasteiger partial charge < -0.3 is 15.0 Å². The summed E-state index contributed by atoms with van der Waals surface area (Å²) in [4.78, 5) is 44.6. The second kappa shape index (κ2) is 9.84. The first kappa shape index (κ1) is 23.3. The number of aliphatic hydroxyl groups excluding tert-OH is 1. The molecule has 31 heavy (non-hydrogen) atoms. The van der Waals surface area contributed by atoms with Gasteiger partial charge in [-0.1, -0.05) is 25.6 Å². The zero-order valence-electron chi connectivity index (χ0n) is 18.0. The van der Waals surface area contributed by atoms with Crippen molar-refractivity contribution in [3.63, 3.8) is 0 Å². The summed E-state index contributed by atoms with van der Waals surface area (Å²) >= 11 is 2.78. The largest absolute Gasteiger partial charge is 0.396 e. The summed E-state index contributed by atoms with van der Waals surface area (Å²) in [6, 6.07) is 0. The van der Waals surface area contributed by atoms with Crippen LogP contribution in [0.15, 0.2) is 27.1 Å². The van der Waals surface area contributed by atoms with Gasteiger partial charge in [0.05, 0.1) is 17.5 Å². The maximum absolute atomic E-state index is 13.1. The van der Waals surface area contributed by atoms with Crippen molar-refractivity contribution in [2.24, 2.45) is 13.0 Å². The van der Waals surface area contributed by atoms with Gasteiger partial charge in [-0.25, -0.2) is 9.78 Å². The predicted octanol–water partition coefficient (Wildman–Crippen LogP) is 1.50. The minimum absolute atomic E-state index is 0.0423. The molecule has 2 N–H and O–H groups in total. The van der Waals surface area contributed by atoms with Crippen LogP contribution < -0.4 is 16.6 Å². The number of thiophene rings is 1. The van der Waals surface area contributed by atoms with E-state index in [9.17, 15) is 14.4 Å². The van der Waals surface area contributed by atoms with Crippen LogP contribution in [0.3, 0.4) is 0 Å². The summed E-state index contributed by atoms with van der Waals surface area (Å²) < 4.78 is 4.56. The summed E-state index contributed by atoms with van der Waals surface area (Å²) in [5.74, 6) is -0.199. The molecule has 0 aliphatic heterocycles. The minimum Gasteiger partial charge on any atom is -0.396 e. The molecule has 0 aromatic carbocycles. The Morgan fingerprint density at radius 1 is 1.35 bits per heavy atom. The van der Waals surface area contributed by atoms with Crippen molar-refractivity contribution in [3.05, 3.63) is 43.7 Å². The number of rotatable bonds is 9. The number of nitrogens with one attached hydrogen (secondary N) is 1. The summed E-state index contributed by atoms with van der Waals surface area (Å²) in [6.07, 6.45) is 5.84. The van der Waals surface area contributed by atoms with E-state index >= 15 is 0 Å². The van der Waals surface area contributed by atoms with E-state index in [-0.39, 0.29) is 29.4 Å². The third-order valence-electron chi connectivity index (χ3n) is 4.81. The van der Waals surface area contributed by atoms with Crippen LogP contribution in [0.5, 0.6) is 0 Å². The van der Waals surface area contributed by atoms with E-state index in [0.717, 1.165) is 9.72 Å². The van der Waals surface area contributed by atoms with E-state index in [1.54, 1.807) is 10.8 Å². The molecule has 168 valence electrons. The molecule has 3 rings (SSSR count). The lowest BCUT2D eigenvalue weighted by molar-refractivity contribution is 0.0952. The fourth-order valence-electron chi connectivity index (χ4n) is 3.38. The van der Waals surface area contributed by atoms with Crippen LogP contribution in [-0.2, 0) is 20.1 Å². The van der Waals surface area contributed by atoms with E-state index in [0.29, 0.717) is 35.8 Å². The van der Waals surface area contributed by atoms with Gasteiger partial charge in [0.2, 0.25) is 0 Å². The Morgan fingerprint density at radius 3 is 2.74 bits per heavy atom. The lowest BCUT2D eigenvalue weighted by Crippen LogP contribution is -2.39. The first-order valence-corrected chi connectivity index (χ1v) is 12.0. The van der Waals surface area contributed by atoms with Crippen molar-refractivity contribution < 1.29 is 9.90 Å². The number of aliphatic hydroxyl groups is 1. The number of carbonyl (C=O) groups is 1. The van der Waals surface area contributed by atoms with Crippen molar-refractivity contribution in [2.45, 2.75) is 38.5 Å². The van der Waals surface area contributed by atoms with Crippen LogP contribution in [0, 0.1) is 5.92 Å². The first-order chi connectivity index (χ1) is 14.8. The zero-order chi connectivity index (χ0) is 22.7. The molecule has 0 saturated heterocycles. The van der Waals surface area contributed by atoms with Crippen LogP contribution in [-0.4, -0.2) is 49.1 Å². The highest BCUT2D eigenvalue weighted by Crippen LogP contribution is 2.30. The van der Waals surface area contributed by atoms with Crippen molar-refractivity contribution in [2.75, 3.05) is 19.4 Å². The highest BCUT2D eigenvalue weighted by Gasteiger charge is 2.26. The summed E-state index contributed by atoms with van der Waals surface area (Å²) in [5.41, 5.74) is -0.582. The molecule has 0 fully saturated rings. The Balaban J connectivity index is 2.26. The van der Waals surface area contributed by atoms with E-state index in [2.05, 4.69) is 10.3 Å². The van der Waals surface area contributed by atoms with Crippen LogP contribution in [0.1, 0.15) is 35.5 Å². The molecule has 0 saturated carbocycles. The maximum atomic E-state index is 13.1. The molecule has 0 bridgehead atoms. The molecule has 11 heteroatoms. The minimum atomic E-state index is -0.481. The SMILES string of the molecule is CSc1nccn1Cc1sc2c(c1C(=O)NCCCO)c(=O)n(C)c(=O)n2CC(C)C. The molecule has 1 amide bonds. The lowest BCUT2D eigenvalue weighted by atomic mass is 10.1. The van der Waals surface area contributed by atoms with Crippen molar-refractivity contribution in [3.8, 4) is 0 Å². The fraction of sp³-hybridized carbons (Fsp3) is 0.500. The number of carbonyl (C=O) groups excluding carboxylic acids is 1. The maximum Gasteiger partial charge on any atom is 0.331 e. The highest BCUT2D eigenvalue weighted by molar-refractivity contribution is 7.98. The number of hydrogen-bond acceptors (Lipinski definition) is 7. The highest BCUT2D eigenvalue weighted by atomic mass is 32.2. The molecule has 3 aromatic rings. The third-order valence-corrected chi connectivity index (χ3v) is 6.72. The molecule has 0 aliphatic carbocycles. The summed E-state index contributed by atoms with van der Waals surface area (Å²) in [6.45, 7) is 5.04. The van der Waals surface area contributed by atoms with Gasteiger partial charge in [0.1, 0.15) is 4.83 Å². The van der Waals surface area contributed by atoms with Crippen molar-refractivity contribution in [1.29, 1.82) is 0 Å². The normalized spacial score (nSPS) is 11.5. The average molecular weight is 466 g/mol. The quantitative estimate of drug-likeness (QED) is 0.366. The van der Waals surface area contributed by atoms with Gasteiger partial charge in [-0.15, -0.1) is 11.3 Å². The second-order valence-corrected chi connectivity index (χ2v) is 9.46. The van der Waals surface area contributed by atoms with E-state index in [1.807, 2.05) is 30.9 Å². The number of fused-ring (bicyclic) bond motifs is 1. The number of hydrogen-bond donors (Lipinski definition) is 2. The molecule has 0 atom stereocenters. The van der Waals surface area contributed by atoms with E-state index in [1.165, 1.54) is 30.1 Å². The zero-order valence-corrected chi connectivity index (χ0v) is 19.7. The Bertz CT molecular complexity index is 1200. The van der Waals surface area contributed by atoms with Gasteiger partial charge in [-0.05, 0) is 18.6 Å². The van der Waals surface area contributed by atoms with Gasteiger partial charge in [-0.3, -0.25) is 18.7 Å². The predicted molar refractivity (Wildman–Crippen MR) is 123 cm³/mol. The Hall–Kier alpha value is -2.37. The molecule has 9 nitrogen and oxygen atoms in total. The lowest BCUT2D eigenvalue weighted by Gasteiger charge is -2.12. The van der Waals surface area contributed by atoms with Gasteiger partial charge in [0.25, 0.3) is 11.5 Å². The van der Waals surface area contributed by atoms with Crippen LogP contribution in [0.2, 0.25) is 0 Å². The second-order valence-electron chi connectivity index (χ2n) is 7.61. The van der Waals surface area contributed by atoms with Crippen molar-refractivity contribution >= 4 is 39.2 Å². The monoisotopic (exact) mass is 465 g/mol. The number of aromatic nitrogens is 4. The van der Waals surface area contributed by atoms with E-state index in [4.69, 9.17) is 5.11 Å². The molecule has 0 unspecified atom stereocenters. The van der Waals surface area contributed by atoms with Crippen LogP contribution >= 0.6 is 23.1 Å². The smallest absolute Gasteiger partial charge is 0.331 e. The third kappa shape index (κ3) is 4.63. The molecule has 0 radical (unpaired) electrons. The Labute approximate surface area is 187 Å². The Kier molecular flexibility index (Phi) is 7.39. The number of thioether (sulfide) groups is 1. The van der Waals surface area contributed by atoms with Crippen LogP contribution in [0.4, 0.5) is 0 Å². The van der Waals surface area contributed by atoms with Crippen LogP contribution in [0.25, 0.3) is 10.2 Å². The van der Waals surface area contributed by atoms with Gasteiger partial charge in [-0.2, -0.15) is 0 Å². The number of amides is 1. The molecular formula is C20H27N5O4S2. The Morgan fingerprint density at radius 2 is 2.10 bits per heavy atom.